The number of fused-ring (bicyclic) bond motifs is 1. The second kappa shape index (κ2) is 8.90. The molecule has 0 spiro atoms. The Bertz CT molecular complexity index is 947. The second-order valence-corrected chi connectivity index (χ2v) is 8.38. The number of anilines is 2. The van der Waals surface area contributed by atoms with Gasteiger partial charge >= 0.3 is 0 Å². The summed E-state index contributed by atoms with van der Waals surface area (Å²) in [5, 5.41) is 3.03. The van der Waals surface area contributed by atoms with Crippen molar-refractivity contribution in [3.63, 3.8) is 0 Å². The summed E-state index contributed by atoms with van der Waals surface area (Å²) in [6, 6.07) is 11.3. The predicted molar refractivity (Wildman–Crippen MR) is 119 cm³/mol. The summed E-state index contributed by atoms with van der Waals surface area (Å²) in [4.78, 5) is 27.9. The van der Waals surface area contributed by atoms with Gasteiger partial charge in [-0.1, -0.05) is 31.4 Å². The summed E-state index contributed by atoms with van der Waals surface area (Å²) < 4.78 is 5.58. The van der Waals surface area contributed by atoms with Crippen LogP contribution in [0.2, 0.25) is 0 Å². The Morgan fingerprint density at radius 2 is 1.87 bits per heavy atom. The van der Waals surface area contributed by atoms with E-state index in [0.717, 1.165) is 50.0 Å². The minimum atomic E-state index is -0.0615. The van der Waals surface area contributed by atoms with E-state index in [9.17, 15) is 9.59 Å². The fraction of sp³-hybridized carbons (Fsp3) is 0.440. The van der Waals surface area contributed by atoms with Crippen LogP contribution in [0.25, 0.3) is 0 Å². The molecule has 1 N–H and O–H groups in total. The number of amides is 2. The number of hydrogen-bond donors (Lipinski definition) is 1. The van der Waals surface area contributed by atoms with Crippen LogP contribution < -0.4 is 15.0 Å². The molecule has 2 aliphatic rings. The van der Waals surface area contributed by atoms with Crippen LogP contribution in [0.3, 0.4) is 0 Å². The van der Waals surface area contributed by atoms with Crippen molar-refractivity contribution in [2.24, 2.45) is 5.92 Å². The van der Waals surface area contributed by atoms with Crippen LogP contribution in [0.15, 0.2) is 36.4 Å². The van der Waals surface area contributed by atoms with Gasteiger partial charge in [-0.15, -0.1) is 0 Å². The molecule has 1 heterocycles. The molecule has 1 aliphatic carbocycles. The Labute approximate surface area is 178 Å². The first-order valence-corrected chi connectivity index (χ1v) is 11.0. The molecule has 2 aromatic rings. The van der Waals surface area contributed by atoms with Crippen LogP contribution in [0.1, 0.15) is 60.0 Å². The Kier molecular flexibility index (Phi) is 6.07. The van der Waals surface area contributed by atoms with E-state index in [1.807, 2.05) is 35.2 Å². The maximum atomic E-state index is 13.4. The van der Waals surface area contributed by atoms with Crippen molar-refractivity contribution in [1.29, 1.82) is 0 Å². The van der Waals surface area contributed by atoms with E-state index in [1.54, 1.807) is 13.2 Å². The summed E-state index contributed by atoms with van der Waals surface area (Å²) in [6.07, 6.45) is 7.22. The molecule has 1 aliphatic heterocycles. The Hall–Kier alpha value is -2.82. The quantitative estimate of drug-likeness (QED) is 0.767. The number of hydrogen-bond acceptors (Lipinski definition) is 3. The molecule has 0 radical (unpaired) electrons. The number of methoxy groups -OCH3 is 1. The molecule has 0 unspecified atom stereocenters. The normalized spacial score (nSPS) is 16.7. The van der Waals surface area contributed by atoms with Gasteiger partial charge in [-0.3, -0.25) is 9.59 Å². The number of nitrogens with one attached hydrogen (secondary N) is 1. The summed E-state index contributed by atoms with van der Waals surface area (Å²) in [5.74, 6) is 0.818. The van der Waals surface area contributed by atoms with Crippen molar-refractivity contribution in [1.82, 2.24) is 0 Å². The van der Waals surface area contributed by atoms with Crippen molar-refractivity contribution in [2.75, 3.05) is 23.9 Å². The van der Waals surface area contributed by atoms with Crippen LogP contribution in [0, 0.1) is 12.8 Å². The molecule has 0 atom stereocenters. The zero-order chi connectivity index (χ0) is 21.1. The van der Waals surface area contributed by atoms with Gasteiger partial charge in [0.25, 0.3) is 5.91 Å². The molecule has 4 rings (SSSR count). The Morgan fingerprint density at radius 3 is 2.63 bits per heavy atom. The lowest BCUT2D eigenvalue weighted by Gasteiger charge is -2.32. The number of rotatable bonds is 4. The topological polar surface area (TPSA) is 58.6 Å². The van der Waals surface area contributed by atoms with E-state index in [1.165, 1.54) is 17.5 Å². The minimum Gasteiger partial charge on any atom is -0.495 e. The molecule has 0 bridgehead atoms. The summed E-state index contributed by atoms with van der Waals surface area (Å²) in [6.45, 7) is 2.73. The fourth-order valence-corrected chi connectivity index (χ4v) is 4.72. The standard InChI is InChI=1S/C25H30N2O3/c1-17-13-14-22(30-2)23-21(17)12-7-15-27(23)25(29)19-10-6-11-20(16-19)26-24(28)18-8-4-3-5-9-18/h6,10-11,13-14,16,18H,3-5,7-9,12,15H2,1-2H3,(H,26,28). The maximum absolute atomic E-state index is 13.4. The molecule has 1 fully saturated rings. The highest BCUT2D eigenvalue weighted by molar-refractivity contribution is 6.08. The lowest BCUT2D eigenvalue weighted by atomic mass is 9.88. The van der Waals surface area contributed by atoms with E-state index >= 15 is 0 Å². The van der Waals surface area contributed by atoms with Crippen molar-refractivity contribution >= 4 is 23.2 Å². The zero-order valence-electron chi connectivity index (χ0n) is 17.9. The fourth-order valence-electron chi connectivity index (χ4n) is 4.72. The van der Waals surface area contributed by atoms with Crippen molar-refractivity contribution in [3.8, 4) is 5.75 Å². The van der Waals surface area contributed by atoms with Gasteiger partial charge in [0.15, 0.2) is 0 Å². The Morgan fingerprint density at radius 1 is 1.07 bits per heavy atom. The highest BCUT2D eigenvalue weighted by atomic mass is 16.5. The van der Waals surface area contributed by atoms with E-state index in [2.05, 4.69) is 12.2 Å². The lowest BCUT2D eigenvalue weighted by molar-refractivity contribution is -0.120. The monoisotopic (exact) mass is 406 g/mol. The zero-order valence-corrected chi connectivity index (χ0v) is 17.9. The molecule has 158 valence electrons. The largest absolute Gasteiger partial charge is 0.495 e. The molecule has 5 heteroatoms. The Balaban J connectivity index is 1.57. The SMILES string of the molecule is COc1ccc(C)c2c1N(C(=O)c1cccc(NC(=O)C3CCCCC3)c1)CCC2. The summed E-state index contributed by atoms with van der Waals surface area (Å²) in [5.41, 5.74) is 4.50. The highest BCUT2D eigenvalue weighted by Crippen LogP contribution is 2.39. The van der Waals surface area contributed by atoms with Crippen molar-refractivity contribution in [2.45, 2.75) is 51.9 Å². The van der Waals surface area contributed by atoms with Gasteiger partial charge in [0.1, 0.15) is 5.75 Å². The average Bonchev–Trinajstić information content (AvgIpc) is 2.79. The average molecular weight is 407 g/mol. The third kappa shape index (κ3) is 4.07. The van der Waals surface area contributed by atoms with E-state index in [0.29, 0.717) is 17.8 Å². The van der Waals surface area contributed by atoms with Gasteiger partial charge in [0.05, 0.1) is 12.8 Å². The summed E-state index contributed by atoms with van der Waals surface area (Å²) >= 11 is 0. The first-order valence-electron chi connectivity index (χ1n) is 11.0. The van der Waals surface area contributed by atoms with Crippen LogP contribution in [0.5, 0.6) is 5.75 Å². The third-order valence-electron chi connectivity index (χ3n) is 6.38. The third-order valence-corrected chi connectivity index (χ3v) is 6.38. The van der Waals surface area contributed by atoms with E-state index in [4.69, 9.17) is 4.74 Å². The van der Waals surface area contributed by atoms with E-state index < -0.39 is 0 Å². The van der Waals surface area contributed by atoms with Gasteiger partial charge in [-0.25, -0.2) is 0 Å². The first kappa shape index (κ1) is 20.5. The van der Waals surface area contributed by atoms with Crippen LogP contribution in [-0.4, -0.2) is 25.5 Å². The van der Waals surface area contributed by atoms with Crippen molar-refractivity contribution < 1.29 is 14.3 Å². The minimum absolute atomic E-state index is 0.0615. The maximum Gasteiger partial charge on any atom is 0.258 e. The number of carbonyl (C=O) groups is 2. The lowest BCUT2D eigenvalue weighted by Crippen LogP contribution is -2.36. The molecule has 1 saturated carbocycles. The molecular weight excluding hydrogens is 376 g/mol. The van der Waals surface area contributed by atoms with Crippen molar-refractivity contribution in [3.05, 3.63) is 53.1 Å². The second-order valence-electron chi connectivity index (χ2n) is 8.38. The molecule has 0 aromatic heterocycles. The number of benzene rings is 2. The smallest absolute Gasteiger partial charge is 0.258 e. The van der Waals surface area contributed by atoms with Gasteiger partial charge in [0, 0.05) is 23.7 Å². The molecule has 30 heavy (non-hydrogen) atoms. The number of ether oxygens (including phenoxy) is 1. The van der Waals surface area contributed by atoms with Gasteiger partial charge in [-0.2, -0.15) is 0 Å². The molecule has 0 saturated heterocycles. The summed E-state index contributed by atoms with van der Waals surface area (Å²) in [7, 11) is 1.64. The number of aryl methyl sites for hydroxylation is 1. The molecule has 5 nitrogen and oxygen atoms in total. The first-order chi connectivity index (χ1) is 14.6. The van der Waals surface area contributed by atoms with Gasteiger partial charge in [0.2, 0.25) is 5.91 Å². The highest BCUT2D eigenvalue weighted by Gasteiger charge is 2.28. The van der Waals surface area contributed by atoms with Crippen LogP contribution in [-0.2, 0) is 11.2 Å². The van der Waals surface area contributed by atoms with E-state index in [-0.39, 0.29) is 17.7 Å². The van der Waals surface area contributed by atoms with Crippen LogP contribution in [0.4, 0.5) is 11.4 Å². The van der Waals surface area contributed by atoms with Gasteiger partial charge in [-0.05, 0) is 68.0 Å². The number of nitrogens with zero attached hydrogens (tertiary/aromatic N) is 1. The van der Waals surface area contributed by atoms with Gasteiger partial charge < -0.3 is 15.0 Å². The molecule has 2 amide bonds. The molecule has 2 aromatic carbocycles. The van der Waals surface area contributed by atoms with Crippen LogP contribution >= 0.6 is 0 Å². The number of carbonyl (C=O) groups excluding carboxylic acids is 2. The predicted octanol–water partition coefficient (Wildman–Crippen LogP) is 5.12. The molecular formula is C25H30N2O3.